The van der Waals surface area contributed by atoms with E-state index in [1.807, 2.05) is 74.8 Å². The number of amides is 1. The first-order valence-electron chi connectivity index (χ1n) is 26.6. The van der Waals surface area contributed by atoms with E-state index in [1.165, 1.54) is 38.7 Å². The Kier molecular flexibility index (Phi) is 36.7. The molecule has 8 aromatic rings. The van der Waals surface area contributed by atoms with Gasteiger partial charge in [-0.3, -0.25) is 24.4 Å². The highest BCUT2D eigenvalue weighted by molar-refractivity contribution is 9.11. The predicted octanol–water partition coefficient (Wildman–Crippen LogP) is 12.7. The van der Waals surface area contributed by atoms with Crippen LogP contribution in [0.4, 0.5) is 38.0 Å². The van der Waals surface area contributed by atoms with Gasteiger partial charge in [-0.05, 0) is 164 Å². The Labute approximate surface area is 574 Å². The first-order chi connectivity index (χ1) is 42.6. The Morgan fingerprint density at radius 3 is 1.40 bits per heavy atom. The quantitative estimate of drug-likeness (QED) is 0.0245. The fraction of sp³-hybridized carbons (Fsp3) is 0.433. The van der Waals surface area contributed by atoms with E-state index >= 15 is 0 Å². The predicted molar refractivity (Wildman–Crippen MR) is 362 cm³/mol. The number of methoxy groups -OCH3 is 4. The van der Waals surface area contributed by atoms with E-state index in [9.17, 15) is 35.9 Å². The second kappa shape index (κ2) is 39.7. The number of nitrogens with zero attached hydrogens (tertiary/aromatic N) is 10. The number of carbonyl (C=O) groups excluding carboxylic acids is 1. The van der Waals surface area contributed by atoms with Gasteiger partial charge in [-0.25, -0.2) is 30.6 Å². The minimum absolute atomic E-state index is 0. The maximum absolute atomic E-state index is 12.9. The second-order valence-corrected chi connectivity index (χ2v) is 23.5. The molecule has 0 radical (unpaired) electrons. The van der Waals surface area contributed by atoms with Crippen LogP contribution in [0.5, 0.6) is 11.8 Å². The van der Waals surface area contributed by atoms with Crippen molar-refractivity contribution < 1.29 is 78.8 Å². The summed E-state index contributed by atoms with van der Waals surface area (Å²) in [5, 5.41) is 23.9. The van der Waals surface area contributed by atoms with Crippen molar-refractivity contribution >= 4 is 95.2 Å². The number of anilines is 2. The van der Waals surface area contributed by atoms with Gasteiger partial charge in [0, 0.05) is 102 Å². The zero-order valence-electron chi connectivity index (χ0n) is 51.3. The summed E-state index contributed by atoms with van der Waals surface area (Å²) in [5.41, 5.74) is 5.52. The van der Waals surface area contributed by atoms with E-state index < -0.39 is 47.8 Å². The van der Waals surface area contributed by atoms with Crippen LogP contribution in [0, 0.1) is 0 Å². The van der Waals surface area contributed by atoms with Crippen LogP contribution in [0.1, 0.15) is 96.7 Å². The molecule has 8 aromatic heterocycles. The van der Waals surface area contributed by atoms with Gasteiger partial charge in [0.05, 0.1) is 11.2 Å². The average Bonchev–Trinajstić information content (AvgIpc) is 1.67. The first-order valence-corrected chi connectivity index (χ1v) is 29.0. The number of carboxylic acid groups (broad SMARTS) is 1. The van der Waals surface area contributed by atoms with Crippen molar-refractivity contribution in [2.45, 2.75) is 133 Å². The Hall–Kier alpha value is -7.22. The zero-order chi connectivity index (χ0) is 68.0. The van der Waals surface area contributed by atoms with Gasteiger partial charge >= 0.3 is 25.4 Å². The average molecular weight is 1540 g/mol. The number of alkyl halides is 6. The van der Waals surface area contributed by atoms with Crippen LogP contribution in [-0.2, 0) is 51.1 Å². The maximum atomic E-state index is 12.9. The second-order valence-electron chi connectivity index (χ2n) is 20.7. The number of rotatable bonds is 17. The number of hydrogen-bond donors (Lipinski definition) is 5. The Bertz CT molecular complexity index is 3530. The van der Waals surface area contributed by atoms with Gasteiger partial charge in [-0.15, -0.1) is 20.4 Å². The lowest BCUT2D eigenvalue weighted by Gasteiger charge is -2.32. The summed E-state index contributed by atoms with van der Waals surface area (Å²) in [6.07, 6.45) is 0.932. The number of halogens is 9. The number of carbonyl (C=O) groups is 2. The molecule has 0 aromatic carbocycles. The number of nitrogen functional groups attached to an aromatic ring is 1. The summed E-state index contributed by atoms with van der Waals surface area (Å²) < 4.78 is 124. The van der Waals surface area contributed by atoms with Crippen molar-refractivity contribution in [2.24, 2.45) is 5.84 Å². The lowest BCUT2D eigenvalue weighted by molar-refractivity contribution is -0.235. The van der Waals surface area contributed by atoms with E-state index in [2.05, 4.69) is 114 Å². The van der Waals surface area contributed by atoms with E-state index in [0.717, 1.165) is 63.7 Å². The molecule has 526 valence electrons. The fourth-order valence-corrected chi connectivity index (χ4v) is 7.44. The molecule has 1 fully saturated rings. The van der Waals surface area contributed by atoms with E-state index in [0.29, 0.717) is 41.8 Å². The SMILES string of the molecule is C.C.C.C.CC(C)(Oc1ccc(B2OC(C)(C)C(C)(C)O2)cn1)C(F)(F)F.COCC(=O)NNc1ccc(Br)cn1.COCC(=O)O.COCc1nnc2ccc(-c3ccc(OC(C)(C)C(F)(F)F)nc3)cn12.COCc1nnc2ccc(Br)cn12.NNc1ccc(Br)cn1. The van der Waals surface area contributed by atoms with E-state index in [-0.39, 0.29) is 60.6 Å². The van der Waals surface area contributed by atoms with Crippen molar-refractivity contribution in [1.82, 2.24) is 54.6 Å². The number of pyridine rings is 6. The molecular formula is C60H84BBr3F6N14O11. The number of carboxylic acids is 1. The molecule has 0 unspecified atom stereocenters. The molecule has 9 heterocycles. The molecule has 0 atom stereocenters. The molecular weight excluding hydrogens is 1460 g/mol. The Balaban J connectivity index is 0.00000117. The van der Waals surface area contributed by atoms with Gasteiger partial charge in [-0.1, -0.05) is 35.8 Å². The third-order valence-electron chi connectivity index (χ3n) is 12.4. The summed E-state index contributed by atoms with van der Waals surface area (Å²) in [7, 11) is 5.39. The number of hydrazine groups is 2. The van der Waals surface area contributed by atoms with Gasteiger partial charge in [0.25, 0.3) is 5.91 Å². The number of aliphatic carboxylic acids is 1. The highest BCUT2D eigenvalue weighted by atomic mass is 79.9. The number of ether oxygens (including phenoxy) is 6. The van der Waals surface area contributed by atoms with Gasteiger partial charge < -0.3 is 48.3 Å². The number of nitrogens with two attached hydrogens (primary N) is 1. The van der Waals surface area contributed by atoms with Crippen molar-refractivity contribution in [3.8, 4) is 22.9 Å². The summed E-state index contributed by atoms with van der Waals surface area (Å²) in [6.45, 7) is 12.1. The summed E-state index contributed by atoms with van der Waals surface area (Å²) >= 11 is 9.88. The number of aromatic nitrogens is 10. The monoisotopic (exact) mass is 1540 g/mol. The topological polar surface area (TPSA) is 302 Å². The fourth-order valence-electron chi connectivity index (χ4n) is 6.63. The molecule has 1 saturated heterocycles. The molecule has 95 heavy (non-hydrogen) atoms. The van der Waals surface area contributed by atoms with Gasteiger partial charge in [0.1, 0.15) is 38.1 Å². The van der Waals surface area contributed by atoms with Crippen LogP contribution in [-0.4, -0.2) is 150 Å². The van der Waals surface area contributed by atoms with Gasteiger partial charge in [0.2, 0.25) is 11.8 Å². The lowest BCUT2D eigenvalue weighted by atomic mass is 9.80. The van der Waals surface area contributed by atoms with Crippen LogP contribution in [0.15, 0.2) is 123 Å². The molecule has 1 amide bonds. The normalized spacial score (nSPS) is 12.7. The summed E-state index contributed by atoms with van der Waals surface area (Å²) in [6, 6.07) is 20.7. The van der Waals surface area contributed by atoms with Crippen LogP contribution in [0.2, 0.25) is 0 Å². The van der Waals surface area contributed by atoms with E-state index in [4.69, 9.17) is 39.2 Å². The van der Waals surface area contributed by atoms with Crippen molar-refractivity contribution in [2.75, 3.05) is 52.5 Å². The number of fused-ring (bicyclic) bond motifs is 2. The van der Waals surface area contributed by atoms with Crippen LogP contribution < -0.4 is 37.1 Å². The molecule has 25 nitrogen and oxygen atoms in total. The number of nitrogens with one attached hydrogen (secondary N) is 3. The molecule has 1 aliphatic heterocycles. The standard InChI is InChI=1S/C17H17F3N4O2.C15H21BF3NO3.C8H10BrN3O2.C8H8BrN3O.C5H6BrN3.C3H6O3.4CH4/c1-16(2,17(18,19)20)26-15-7-5-11(8-21-15)12-4-6-13-22-23-14(10-25-3)24(13)9-12;1-12(2)13(3,4)23-16(22-12)10-7-8-11(20-9-10)21-14(5,6)15(17,18)19;1-14-5-8(13)12-11-7-3-2-6(9)4-10-7;1-13-5-8-11-10-7-3-2-6(9)4-12(7)8;6-4-1-2-5(9-7)8-3-4;1-6-2-3(4)5;;;;/h4-9H,10H2,1-3H3;7-9H,1-6H3;2-4H,5H2,1H3,(H,10,11)(H,12,13);2-4H,5H2,1H3;1-3H,7H2,(H,8,9);2H2,1H3,(H,4,5);4*1H4. The molecule has 0 spiro atoms. The molecule has 35 heteroatoms. The zero-order valence-corrected chi connectivity index (χ0v) is 56.0. The molecule has 0 saturated carbocycles. The van der Waals surface area contributed by atoms with Crippen molar-refractivity contribution in [3.05, 3.63) is 135 Å². The third-order valence-corrected chi connectivity index (χ3v) is 13.8. The minimum atomic E-state index is -4.50. The highest BCUT2D eigenvalue weighted by Gasteiger charge is 2.53. The smallest absolute Gasteiger partial charge is 0.480 e. The molecule has 6 N–H and O–H groups in total. The van der Waals surface area contributed by atoms with Crippen LogP contribution >= 0.6 is 47.8 Å². The van der Waals surface area contributed by atoms with Gasteiger partial charge in [0.15, 0.2) is 34.1 Å². The largest absolute Gasteiger partial charge is 0.496 e. The molecule has 0 bridgehead atoms. The summed E-state index contributed by atoms with van der Waals surface area (Å²) in [5.74, 6) is 6.37. The molecule has 9 rings (SSSR count). The minimum Gasteiger partial charge on any atom is -0.480 e. The highest BCUT2D eigenvalue weighted by Crippen LogP contribution is 2.38. The van der Waals surface area contributed by atoms with Gasteiger partial charge in [-0.2, -0.15) is 26.3 Å². The molecule has 1 aliphatic rings. The van der Waals surface area contributed by atoms with Crippen molar-refractivity contribution in [3.63, 3.8) is 0 Å². The first kappa shape index (κ1) is 87.8. The summed E-state index contributed by atoms with van der Waals surface area (Å²) in [4.78, 5) is 36.3. The van der Waals surface area contributed by atoms with Crippen LogP contribution in [0.25, 0.3) is 22.4 Å². The Morgan fingerprint density at radius 2 is 1.01 bits per heavy atom. The number of hydrogen-bond acceptors (Lipinski definition) is 21. The van der Waals surface area contributed by atoms with Crippen LogP contribution in [0.3, 0.4) is 0 Å². The maximum Gasteiger partial charge on any atom is 0.496 e. The Morgan fingerprint density at radius 1 is 0.568 bits per heavy atom. The third kappa shape index (κ3) is 27.4. The molecule has 0 aliphatic carbocycles. The lowest BCUT2D eigenvalue weighted by Crippen LogP contribution is -2.45. The van der Waals surface area contributed by atoms with E-state index in [1.54, 1.807) is 61.3 Å². The van der Waals surface area contributed by atoms with Crippen molar-refractivity contribution in [1.29, 1.82) is 0 Å².